The number of hydrogen-bond donors (Lipinski definition) is 8. The Kier molecular flexibility index (Phi) is 12.4. The Bertz CT molecular complexity index is 1440. The number of H-pyrrole nitrogens is 1. The molecule has 236 valence electrons. The third-order valence-electron chi connectivity index (χ3n) is 7.40. The highest BCUT2D eigenvalue weighted by molar-refractivity contribution is 5.95. The van der Waals surface area contributed by atoms with E-state index in [1.807, 2.05) is 31.2 Å². The molecule has 13 heteroatoms. The van der Waals surface area contributed by atoms with Gasteiger partial charge in [-0.05, 0) is 23.1 Å². The largest absolute Gasteiger partial charge is 0.480 e. The van der Waals surface area contributed by atoms with Gasteiger partial charge in [-0.1, -0.05) is 68.8 Å². The highest BCUT2D eigenvalue weighted by Crippen LogP contribution is 2.20. The lowest BCUT2D eigenvalue weighted by Gasteiger charge is -2.26. The topological polar surface area (TPSA) is 216 Å². The minimum absolute atomic E-state index is 0.0372. The number of carboxylic acids is 1. The number of aromatic nitrogens is 1. The van der Waals surface area contributed by atoms with E-state index < -0.39 is 66.9 Å². The van der Waals surface area contributed by atoms with E-state index in [-0.39, 0.29) is 18.8 Å². The van der Waals surface area contributed by atoms with Gasteiger partial charge in [0.2, 0.25) is 23.6 Å². The second-order valence-corrected chi connectivity index (χ2v) is 10.7. The van der Waals surface area contributed by atoms with Crippen LogP contribution >= 0.6 is 0 Å². The van der Waals surface area contributed by atoms with E-state index >= 15 is 0 Å². The van der Waals surface area contributed by atoms with Crippen LogP contribution in [0.2, 0.25) is 0 Å². The second kappa shape index (κ2) is 16.2. The molecule has 1 heterocycles. The van der Waals surface area contributed by atoms with E-state index in [9.17, 15) is 29.1 Å². The Labute approximate surface area is 255 Å². The van der Waals surface area contributed by atoms with Crippen LogP contribution in [0, 0.1) is 5.92 Å². The lowest BCUT2D eigenvalue weighted by Crippen LogP contribution is -2.58. The molecule has 0 aliphatic heterocycles. The summed E-state index contributed by atoms with van der Waals surface area (Å²) in [5.41, 5.74) is 7.75. The normalized spacial score (nSPS) is 14.5. The molecule has 0 aliphatic carbocycles. The summed E-state index contributed by atoms with van der Waals surface area (Å²) in [5, 5.41) is 29.9. The molecule has 0 saturated heterocycles. The van der Waals surface area contributed by atoms with Gasteiger partial charge in [-0.2, -0.15) is 0 Å². The fraction of sp³-hybridized carbons (Fsp3) is 0.387. The average Bonchev–Trinajstić information content (AvgIpc) is 3.43. The first-order valence-corrected chi connectivity index (χ1v) is 14.4. The van der Waals surface area contributed by atoms with Gasteiger partial charge in [0.15, 0.2) is 0 Å². The van der Waals surface area contributed by atoms with Crippen LogP contribution in [0.1, 0.15) is 31.4 Å². The van der Waals surface area contributed by atoms with Crippen LogP contribution in [-0.4, -0.2) is 82.1 Å². The van der Waals surface area contributed by atoms with Gasteiger partial charge in [-0.25, -0.2) is 4.79 Å². The van der Waals surface area contributed by atoms with Crippen molar-refractivity contribution in [3.05, 3.63) is 71.9 Å². The number of nitrogens with one attached hydrogen (secondary N) is 5. The molecular weight excluding hydrogens is 568 g/mol. The third kappa shape index (κ3) is 9.38. The van der Waals surface area contributed by atoms with Crippen molar-refractivity contribution in [1.29, 1.82) is 0 Å². The number of benzene rings is 2. The van der Waals surface area contributed by atoms with E-state index in [2.05, 4.69) is 26.3 Å². The SMILES string of the molecule is CC[C@H](C)[C@H](NC(=O)[C@H](Cc1c[nH]c2ccccc12)NC(=O)[C@H](Cc1ccccc1)NC(=O)CNC(=O)[C@@H](N)CO)C(=O)O. The lowest BCUT2D eigenvalue weighted by molar-refractivity contribution is -0.143. The number of nitrogens with two attached hydrogens (primary N) is 1. The molecule has 0 saturated carbocycles. The maximum atomic E-state index is 13.7. The molecule has 1 aromatic heterocycles. The fourth-order valence-electron chi connectivity index (χ4n) is 4.62. The van der Waals surface area contributed by atoms with E-state index in [0.717, 1.165) is 22.0 Å². The smallest absolute Gasteiger partial charge is 0.326 e. The van der Waals surface area contributed by atoms with Gasteiger partial charge >= 0.3 is 5.97 Å². The third-order valence-corrected chi connectivity index (χ3v) is 7.40. The van der Waals surface area contributed by atoms with E-state index in [4.69, 9.17) is 10.8 Å². The number of aliphatic hydroxyl groups is 1. The summed E-state index contributed by atoms with van der Waals surface area (Å²) in [5.74, 6) is -4.37. The van der Waals surface area contributed by atoms with Crippen LogP contribution in [-0.2, 0) is 36.8 Å². The number of rotatable bonds is 16. The molecule has 44 heavy (non-hydrogen) atoms. The molecule has 0 aliphatic rings. The van der Waals surface area contributed by atoms with Crippen molar-refractivity contribution in [3.63, 3.8) is 0 Å². The zero-order chi connectivity index (χ0) is 32.2. The number of hydrogen-bond acceptors (Lipinski definition) is 7. The number of carbonyl (C=O) groups excluding carboxylic acids is 4. The Morgan fingerprint density at radius 2 is 1.50 bits per heavy atom. The Hall–Kier alpha value is -4.75. The molecular formula is C31H40N6O7. The van der Waals surface area contributed by atoms with Gasteiger partial charge in [0, 0.05) is 29.9 Å². The number of aliphatic hydroxyl groups excluding tert-OH is 1. The maximum absolute atomic E-state index is 13.7. The molecule has 4 amide bonds. The maximum Gasteiger partial charge on any atom is 0.326 e. The summed E-state index contributed by atoms with van der Waals surface area (Å²) < 4.78 is 0. The van der Waals surface area contributed by atoms with Crippen molar-refractivity contribution in [2.75, 3.05) is 13.2 Å². The van der Waals surface area contributed by atoms with Crippen LogP contribution in [0.3, 0.4) is 0 Å². The minimum Gasteiger partial charge on any atom is -0.480 e. The molecule has 9 N–H and O–H groups in total. The zero-order valence-electron chi connectivity index (χ0n) is 24.7. The molecule has 2 aromatic carbocycles. The molecule has 0 radical (unpaired) electrons. The van der Waals surface area contributed by atoms with Gasteiger partial charge in [-0.15, -0.1) is 0 Å². The van der Waals surface area contributed by atoms with Crippen molar-refractivity contribution < 1.29 is 34.2 Å². The molecule has 5 atom stereocenters. The number of carboxylic acid groups (broad SMARTS) is 1. The number of aliphatic carboxylic acids is 1. The minimum atomic E-state index is -1.21. The first-order valence-electron chi connectivity index (χ1n) is 14.4. The van der Waals surface area contributed by atoms with Crippen molar-refractivity contribution in [3.8, 4) is 0 Å². The summed E-state index contributed by atoms with van der Waals surface area (Å²) in [7, 11) is 0. The fourth-order valence-corrected chi connectivity index (χ4v) is 4.62. The second-order valence-electron chi connectivity index (χ2n) is 10.7. The summed E-state index contributed by atoms with van der Waals surface area (Å²) in [6.45, 7) is 2.42. The highest BCUT2D eigenvalue weighted by atomic mass is 16.4. The standard InChI is InChI=1S/C31H40N6O7/c1-3-18(2)27(31(43)44)37-30(42)25(14-20-15-33-23-12-8-7-11-21(20)23)36-29(41)24(13-19-9-5-4-6-10-19)35-26(39)16-34-28(40)22(32)17-38/h4-12,15,18,22,24-25,27,33,38H,3,13-14,16-17,32H2,1-2H3,(H,34,40)(H,35,39)(H,36,41)(H,37,42)(H,43,44)/t18-,22-,24-,25-,27-/m0/s1. The van der Waals surface area contributed by atoms with Crippen LogP contribution in [0.15, 0.2) is 60.8 Å². The predicted octanol–water partition coefficient (Wildman–Crippen LogP) is -0.0260. The number of amides is 4. The van der Waals surface area contributed by atoms with Gasteiger partial charge in [-0.3, -0.25) is 19.2 Å². The first kappa shape index (κ1) is 33.7. The number of para-hydroxylation sites is 1. The van der Waals surface area contributed by atoms with Crippen molar-refractivity contribution in [1.82, 2.24) is 26.3 Å². The van der Waals surface area contributed by atoms with E-state index in [1.54, 1.807) is 43.5 Å². The zero-order valence-corrected chi connectivity index (χ0v) is 24.7. The Morgan fingerprint density at radius 1 is 0.864 bits per heavy atom. The molecule has 0 unspecified atom stereocenters. The molecule has 0 fully saturated rings. The Balaban J connectivity index is 1.87. The first-order chi connectivity index (χ1) is 21.0. The van der Waals surface area contributed by atoms with Gasteiger partial charge in [0.1, 0.15) is 24.2 Å². The van der Waals surface area contributed by atoms with E-state index in [0.29, 0.717) is 6.42 Å². The van der Waals surface area contributed by atoms with Gasteiger partial charge in [0.05, 0.1) is 13.2 Å². The van der Waals surface area contributed by atoms with Crippen LogP contribution in [0.5, 0.6) is 0 Å². The van der Waals surface area contributed by atoms with Crippen molar-refractivity contribution in [2.24, 2.45) is 11.7 Å². The van der Waals surface area contributed by atoms with Gasteiger partial charge in [0.25, 0.3) is 0 Å². The van der Waals surface area contributed by atoms with E-state index in [1.165, 1.54) is 0 Å². The number of aromatic amines is 1. The molecule has 0 bridgehead atoms. The molecule has 0 spiro atoms. The monoisotopic (exact) mass is 608 g/mol. The molecule has 13 nitrogen and oxygen atoms in total. The van der Waals surface area contributed by atoms with Crippen molar-refractivity contribution >= 4 is 40.5 Å². The highest BCUT2D eigenvalue weighted by Gasteiger charge is 2.32. The quantitative estimate of drug-likeness (QED) is 0.110. The number of carbonyl (C=O) groups is 5. The van der Waals surface area contributed by atoms with Crippen molar-refractivity contribution in [2.45, 2.75) is 57.3 Å². The lowest BCUT2D eigenvalue weighted by atomic mass is 9.97. The summed E-state index contributed by atoms with van der Waals surface area (Å²) >= 11 is 0. The number of fused-ring (bicyclic) bond motifs is 1. The molecule has 3 rings (SSSR count). The van der Waals surface area contributed by atoms with Crippen LogP contribution in [0.25, 0.3) is 10.9 Å². The van der Waals surface area contributed by atoms with Gasteiger partial charge < -0.3 is 42.2 Å². The van der Waals surface area contributed by atoms with Crippen LogP contribution < -0.4 is 27.0 Å². The average molecular weight is 609 g/mol. The summed E-state index contributed by atoms with van der Waals surface area (Å²) in [6.07, 6.45) is 2.33. The predicted molar refractivity (Wildman–Crippen MR) is 163 cm³/mol. The summed E-state index contributed by atoms with van der Waals surface area (Å²) in [6, 6.07) is 11.6. The summed E-state index contributed by atoms with van der Waals surface area (Å²) in [4.78, 5) is 67.1. The Morgan fingerprint density at radius 3 is 2.16 bits per heavy atom. The molecule has 3 aromatic rings. The van der Waals surface area contributed by atoms with Crippen LogP contribution in [0.4, 0.5) is 0 Å².